The van der Waals surface area contributed by atoms with E-state index < -0.39 is 10.9 Å². The molecule has 0 unspecified atom stereocenters. The molecule has 7 nitrogen and oxygen atoms in total. The lowest BCUT2D eigenvalue weighted by Crippen LogP contribution is -1.96. The SMILES string of the molecule is O=[N+]([O-])c1nccc(-c2ccc3noc(-c4ccc(Cl)cc4)c3c2)n1. The Morgan fingerprint density at radius 3 is 2.56 bits per heavy atom. The molecule has 0 aliphatic heterocycles. The summed E-state index contributed by atoms with van der Waals surface area (Å²) in [7, 11) is 0. The topological polar surface area (TPSA) is 95.0 Å². The van der Waals surface area contributed by atoms with E-state index in [-0.39, 0.29) is 0 Å². The highest BCUT2D eigenvalue weighted by Gasteiger charge is 2.16. The van der Waals surface area contributed by atoms with Gasteiger partial charge in [-0.3, -0.25) is 0 Å². The number of nitro groups is 1. The standard InChI is InChI=1S/C17H9ClN4O3/c18-12-4-1-10(2-5-12)16-13-9-11(3-6-15(13)21-25-16)14-7-8-19-17(20-14)22(23)24/h1-9H. The molecule has 0 spiro atoms. The third-order valence-electron chi connectivity index (χ3n) is 3.68. The minimum absolute atomic E-state index is 0.444. The first-order valence-corrected chi connectivity index (χ1v) is 7.63. The number of benzene rings is 2. The Morgan fingerprint density at radius 1 is 1.04 bits per heavy atom. The smallest absolute Gasteiger partial charge is 0.390 e. The van der Waals surface area contributed by atoms with Crippen molar-refractivity contribution in [2.24, 2.45) is 0 Å². The number of aromatic nitrogens is 3. The van der Waals surface area contributed by atoms with Crippen molar-refractivity contribution < 1.29 is 9.45 Å². The average Bonchev–Trinajstić information content (AvgIpc) is 3.05. The van der Waals surface area contributed by atoms with Crippen molar-refractivity contribution in [1.29, 1.82) is 0 Å². The van der Waals surface area contributed by atoms with E-state index in [9.17, 15) is 10.1 Å². The molecule has 4 aromatic rings. The van der Waals surface area contributed by atoms with E-state index in [1.165, 1.54) is 6.20 Å². The molecule has 0 atom stereocenters. The van der Waals surface area contributed by atoms with Crippen molar-refractivity contribution in [3.8, 4) is 22.6 Å². The molecule has 0 saturated heterocycles. The Labute approximate surface area is 146 Å². The van der Waals surface area contributed by atoms with Crippen molar-refractivity contribution in [3.05, 3.63) is 69.9 Å². The lowest BCUT2D eigenvalue weighted by atomic mass is 10.0. The summed E-state index contributed by atoms with van der Waals surface area (Å²) in [6.45, 7) is 0. The molecule has 4 rings (SSSR count). The summed E-state index contributed by atoms with van der Waals surface area (Å²) < 4.78 is 5.46. The van der Waals surface area contributed by atoms with Crippen LogP contribution in [-0.2, 0) is 0 Å². The molecular weight excluding hydrogens is 344 g/mol. The van der Waals surface area contributed by atoms with Crippen molar-refractivity contribution >= 4 is 28.5 Å². The zero-order valence-electron chi connectivity index (χ0n) is 12.6. The minimum atomic E-state index is -0.624. The van der Waals surface area contributed by atoms with Gasteiger partial charge in [-0.2, -0.15) is 0 Å². The molecule has 0 bridgehead atoms. The van der Waals surface area contributed by atoms with E-state index in [2.05, 4.69) is 15.1 Å². The van der Waals surface area contributed by atoms with E-state index >= 15 is 0 Å². The summed E-state index contributed by atoms with van der Waals surface area (Å²) in [6, 6.07) is 14.2. The number of hydrogen-bond donors (Lipinski definition) is 0. The van der Waals surface area contributed by atoms with Gasteiger partial charge in [-0.1, -0.05) is 26.7 Å². The van der Waals surface area contributed by atoms with Gasteiger partial charge in [0.05, 0.1) is 5.39 Å². The van der Waals surface area contributed by atoms with Crippen LogP contribution >= 0.6 is 11.6 Å². The molecular formula is C17H9ClN4O3. The Balaban J connectivity index is 1.85. The highest BCUT2D eigenvalue weighted by Crippen LogP contribution is 2.32. The Morgan fingerprint density at radius 2 is 1.80 bits per heavy atom. The van der Waals surface area contributed by atoms with E-state index in [4.69, 9.17) is 16.1 Å². The first-order valence-electron chi connectivity index (χ1n) is 7.25. The molecule has 8 heteroatoms. The Kier molecular flexibility index (Phi) is 3.62. The van der Waals surface area contributed by atoms with Crippen LogP contribution in [0.1, 0.15) is 0 Å². The first-order chi connectivity index (χ1) is 12.1. The van der Waals surface area contributed by atoms with E-state index in [1.54, 1.807) is 30.3 Å². The van der Waals surface area contributed by atoms with Crippen molar-refractivity contribution in [2.45, 2.75) is 0 Å². The second-order valence-corrected chi connectivity index (χ2v) is 5.69. The fraction of sp³-hybridized carbons (Fsp3) is 0. The van der Waals surface area contributed by atoms with Crippen LogP contribution in [0.3, 0.4) is 0 Å². The molecule has 0 N–H and O–H groups in total. The summed E-state index contributed by atoms with van der Waals surface area (Å²) >= 11 is 5.92. The summed E-state index contributed by atoms with van der Waals surface area (Å²) in [5.41, 5.74) is 2.67. The molecule has 0 saturated carbocycles. The second kappa shape index (κ2) is 5.95. The molecule has 122 valence electrons. The van der Waals surface area contributed by atoms with Crippen molar-refractivity contribution in [2.75, 3.05) is 0 Å². The maximum absolute atomic E-state index is 10.9. The van der Waals surface area contributed by atoms with Gasteiger partial charge in [-0.05, 0) is 47.4 Å². The van der Waals surface area contributed by atoms with Crippen LogP contribution in [0.25, 0.3) is 33.5 Å². The number of nitrogens with zero attached hydrogens (tertiary/aromatic N) is 4. The van der Waals surface area contributed by atoms with E-state index in [1.807, 2.05) is 18.2 Å². The zero-order valence-corrected chi connectivity index (χ0v) is 13.3. The van der Waals surface area contributed by atoms with Crippen molar-refractivity contribution in [1.82, 2.24) is 15.1 Å². The normalized spacial score (nSPS) is 10.9. The lowest BCUT2D eigenvalue weighted by molar-refractivity contribution is -0.394. The molecule has 2 aromatic heterocycles. The molecule has 25 heavy (non-hydrogen) atoms. The summed E-state index contributed by atoms with van der Waals surface area (Å²) in [6.07, 6.45) is 1.36. The minimum Gasteiger partial charge on any atom is -0.390 e. The summed E-state index contributed by atoms with van der Waals surface area (Å²) in [5.74, 6) is 0.151. The van der Waals surface area contributed by atoms with Gasteiger partial charge in [0.1, 0.15) is 11.7 Å². The van der Waals surface area contributed by atoms with Gasteiger partial charge in [0.2, 0.25) is 0 Å². The molecule has 0 amide bonds. The number of hydrogen-bond acceptors (Lipinski definition) is 6. The zero-order chi connectivity index (χ0) is 17.4. The third-order valence-corrected chi connectivity index (χ3v) is 3.94. The van der Waals surface area contributed by atoms with Gasteiger partial charge in [0.25, 0.3) is 0 Å². The van der Waals surface area contributed by atoms with Gasteiger partial charge in [-0.15, -0.1) is 0 Å². The molecule has 0 aliphatic rings. The monoisotopic (exact) mass is 352 g/mol. The Bertz CT molecular complexity index is 1090. The highest BCUT2D eigenvalue weighted by atomic mass is 35.5. The molecule has 0 aliphatic carbocycles. The Hall–Kier alpha value is -3.32. The molecule has 2 heterocycles. The van der Waals surface area contributed by atoms with Gasteiger partial charge in [0.15, 0.2) is 11.5 Å². The van der Waals surface area contributed by atoms with Crippen LogP contribution in [0.5, 0.6) is 0 Å². The molecule has 2 aromatic carbocycles. The number of fused-ring (bicyclic) bond motifs is 1. The maximum Gasteiger partial charge on any atom is 0.469 e. The van der Waals surface area contributed by atoms with Crippen LogP contribution in [0.4, 0.5) is 5.95 Å². The number of rotatable bonds is 3. The van der Waals surface area contributed by atoms with Crippen LogP contribution in [-0.4, -0.2) is 20.0 Å². The van der Waals surface area contributed by atoms with Crippen LogP contribution < -0.4 is 0 Å². The fourth-order valence-corrected chi connectivity index (χ4v) is 2.63. The molecule has 0 fully saturated rings. The van der Waals surface area contributed by atoms with Crippen LogP contribution in [0.15, 0.2) is 59.3 Å². The highest BCUT2D eigenvalue weighted by molar-refractivity contribution is 6.30. The van der Waals surface area contributed by atoms with Gasteiger partial charge in [-0.25, -0.2) is 0 Å². The predicted octanol–water partition coefficient (Wildman–Crippen LogP) is 4.51. The van der Waals surface area contributed by atoms with Crippen molar-refractivity contribution in [3.63, 3.8) is 0 Å². The molecule has 0 radical (unpaired) electrons. The van der Waals surface area contributed by atoms with E-state index in [0.717, 1.165) is 10.9 Å². The lowest BCUT2D eigenvalue weighted by Gasteiger charge is -2.00. The number of halogens is 1. The van der Waals surface area contributed by atoms with Crippen LogP contribution in [0, 0.1) is 10.1 Å². The average molecular weight is 353 g/mol. The summed E-state index contributed by atoms with van der Waals surface area (Å²) in [5, 5.41) is 16.3. The van der Waals surface area contributed by atoms with Gasteiger partial charge < -0.3 is 14.6 Å². The predicted molar refractivity (Wildman–Crippen MR) is 92.1 cm³/mol. The van der Waals surface area contributed by atoms with E-state index in [0.29, 0.717) is 27.6 Å². The quantitative estimate of drug-likeness (QED) is 0.397. The van der Waals surface area contributed by atoms with Crippen LogP contribution in [0.2, 0.25) is 5.02 Å². The second-order valence-electron chi connectivity index (χ2n) is 5.25. The maximum atomic E-state index is 10.9. The van der Waals surface area contributed by atoms with Gasteiger partial charge >= 0.3 is 5.95 Å². The summed E-state index contributed by atoms with van der Waals surface area (Å²) in [4.78, 5) is 17.8. The first kappa shape index (κ1) is 15.2. The third kappa shape index (κ3) is 2.81. The largest absolute Gasteiger partial charge is 0.469 e. The fourth-order valence-electron chi connectivity index (χ4n) is 2.51. The van der Waals surface area contributed by atoms with Gasteiger partial charge in [0, 0.05) is 22.2 Å².